The zero-order valence-electron chi connectivity index (χ0n) is 9.78. The van der Waals surface area contributed by atoms with Crippen molar-refractivity contribution in [2.45, 2.75) is 45.6 Å². The normalized spacial score (nSPS) is 14.7. The number of ether oxygens (including phenoxy) is 1. The first kappa shape index (κ1) is 13.9. The Balaban J connectivity index is 4.38. The molecule has 0 spiro atoms. The molecule has 0 saturated heterocycles. The summed E-state index contributed by atoms with van der Waals surface area (Å²) in [5, 5.41) is 10.9. The molecule has 0 aliphatic heterocycles. The van der Waals surface area contributed by atoms with Crippen molar-refractivity contribution in [3.63, 3.8) is 0 Å². The second-order valence-electron chi connectivity index (χ2n) is 4.43. The first-order chi connectivity index (χ1) is 6.81. The van der Waals surface area contributed by atoms with Gasteiger partial charge in [0.1, 0.15) is 0 Å². The van der Waals surface area contributed by atoms with Crippen LogP contribution in [0.1, 0.15) is 40.0 Å². The fourth-order valence-corrected chi connectivity index (χ4v) is 1.62. The van der Waals surface area contributed by atoms with Gasteiger partial charge in [-0.05, 0) is 5.92 Å². The van der Waals surface area contributed by atoms with E-state index in [9.17, 15) is 14.9 Å². The Morgan fingerprint density at radius 1 is 1.53 bits per heavy atom. The summed E-state index contributed by atoms with van der Waals surface area (Å²) >= 11 is 0. The van der Waals surface area contributed by atoms with Gasteiger partial charge in [-0.15, -0.1) is 0 Å². The average Bonchev–Trinajstić information content (AvgIpc) is 2.12. The smallest absolute Gasteiger partial charge is 0.305 e. The van der Waals surface area contributed by atoms with Gasteiger partial charge in [0.05, 0.1) is 13.5 Å². The van der Waals surface area contributed by atoms with Gasteiger partial charge >= 0.3 is 5.97 Å². The van der Waals surface area contributed by atoms with E-state index in [0.29, 0.717) is 6.42 Å². The number of nitrogens with zero attached hydrogens (tertiary/aromatic N) is 1. The third-order valence-corrected chi connectivity index (χ3v) is 2.38. The number of rotatable bonds is 6. The summed E-state index contributed by atoms with van der Waals surface area (Å²) in [4.78, 5) is 21.5. The summed E-state index contributed by atoms with van der Waals surface area (Å²) in [6.07, 6.45) is 0.794. The molecule has 0 aliphatic carbocycles. The molecule has 0 aromatic rings. The summed E-state index contributed by atoms with van der Waals surface area (Å²) in [5.74, 6) is -0.162. The van der Waals surface area contributed by atoms with Crippen molar-refractivity contribution < 1.29 is 14.5 Å². The Labute approximate surface area is 90.0 Å². The molecule has 5 heteroatoms. The molecule has 0 heterocycles. The summed E-state index contributed by atoms with van der Waals surface area (Å²) in [6.45, 7) is 5.44. The Hall–Kier alpha value is -1.13. The van der Waals surface area contributed by atoms with Crippen LogP contribution in [0.3, 0.4) is 0 Å². The number of nitro groups is 1. The molecular formula is C10H19NO4. The second kappa shape index (κ2) is 5.68. The fourth-order valence-electron chi connectivity index (χ4n) is 1.62. The average molecular weight is 217 g/mol. The van der Waals surface area contributed by atoms with Crippen molar-refractivity contribution in [2.24, 2.45) is 5.92 Å². The van der Waals surface area contributed by atoms with E-state index < -0.39 is 11.5 Å². The number of carbonyl (C=O) groups excluding carboxylic acids is 1. The van der Waals surface area contributed by atoms with Crippen LogP contribution in [0.2, 0.25) is 0 Å². The molecule has 15 heavy (non-hydrogen) atoms. The molecule has 0 aliphatic rings. The highest BCUT2D eigenvalue weighted by Crippen LogP contribution is 2.25. The molecule has 0 rings (SSSR count). The third kappa shape index (κ3) is 4.76. The van der Waals surface area contributed by atoms with Crippen LogP contribution in [0.5, 0.6) is 0 Å². The van der Waals surface area contributed by atoms with Crippen LogP contribution in [-0.2, 0) is 9.53 Å². The van der Waals surface area contributed by atoms with Crippen LogP contribution in [-0.4, -0.2) is 23.5 Å². The molecule has 0 bridgehead atoms. The van der Waals surface area contributed by atoms with Crippen molar-refractivity contribution >= 4 is 5.97 Å². The van der Waals surface area contributed by atoms with Gasteiger partial charge in [-0.2, -0.15) is 0 Å². The van der Waals surface area contributed by atoms with Crippen molar-refractivity contribution in [3.8, 4) is 0 Å². The van der Waals surface area contributed by atoms with Gasteiger partial charge in [0.2, 0.25) is 5.54 Å². The fraction of sp³-hybridized carbons (Fsp3) is 0.900. The maximum atomic E-state index is 10.9. The van der Waals surface area contributed by atoms with E-state index in [-0.39, 0.29) is 23.7 Å². The predicted octanol–water partition coefficient (Wildman–Crippen LogP) is 2.02. The van der Waals surface area contributed by atoms with E-state index in [1.165, 1.54) is 7.11 Å². The molecule has 5 nitrogen and oxygen atoms in total. The summed E-state index contributed by atoms with van der Waals surface area (Å²) < 4.78 is 4.47. The van der Waals surface area contributed by atoms with Gasteiger partial charge in [-0.1, -0.05) is 13.8 Å². The highest BCUT2D eigenvalue weighted by molar-refractivity contribution is 5.69. The third-order valence-electron chi connectivity index (χ3n) is 2.38. The highest BCUT2D eigenvalue weighted by atomic mass is 16.6. The van der Waals surface area contributed by atoms with Gasteiger partial charge < -0.3 is 4.74 Å². The van der Waals surface area contributed by atoms with E-state index in [0.717, 1.165) is 0 Å². The lowest BCUT2D eigenvalue weighted by molar-refractivity contribution is -0.568. The minimum absolute atomic E-state index is 0.0979. The van der Waals surface area contributed by atoms with Gasteiger partial charge in [0, 0.05) is 24.7 Å². The molecule has 0 amide bonds. The van der Waals surface area contributed by atoms with Crippen molar-refractivity contribution in [2.75, 3.05) is 7.11 Å². The summed E-state index contributed by atoms with van der Waals surface area (Å²) in [6, 6.07) is 0. The van der Waals surface area contributed by atoms with Gasteiger partial charge in [0.15, 0.2) is 0 Å². The quantitative estimate of drug-likeness (QED) is 0.387. The predicted molar refractivity (Wildman–Crippen MR) is 56.1 cm³/mol. The molecule has 1 unspecified atom stereocenters. The van der Waals surface area contributed by atoms with Crippen LogP contribution in [0, 0.1) is 16.0 Å². The topological polar surface area (TPSA) is 69.4 Å². The molecule has 0 aromatic carbocycles. The number of hydrogen-bond acceptors (Lipinski definition) is 4. The maximum absolute atomic E-state index is 10.9. The van der Waals surface area contributed by atoms with Gasteiger partial charge in [-0.25, -0.2) is 0 Å². The molecule has 0 N–H and O–H groups in total. The Morgan fingerprint density at radius 2 is 2.07 bits per heavy atom. The highest BCUT2D eigenvalue weighted by Gasteiger charge is 2.37. The first-order valence-electron chi connectivity index (χ1n) is 5.03. The zero-order valence-corrected chi connectivity index (χ0v) is 9.78. The Kier molecular flexibility index (Phi) is 5.25. The van der Waals surface area contributed by atoms with E-state index >= 15 is 0 Å². The molecule has 0 fully saturated rings. The van der Waals surface area contributed by atoms with Crippen LogP contribution < -0.4 is 0 Å². The zero-order chi connectivity index (χ0) is 12.1. The minimum atomic E-state index is -1.03. The Bertz CT molecular complexity index is 240. The van der Waals surface area contributed by atoms with E-state index in [1.54, 1.807) is 6.92 Å². The number of esters is 1. The van der Waals surface area contributed by atoms with E-state index in [2.05, 4.69) is 4.74 Å². The second-order valence-corrected chi connectivity index (χ2v) is 4.43. The van der Waals surface area contributed by atoms with E-state index in [1.807, 2.05) is 13.8 Å². The molecule has 1 atom stereocenters. The summed E-state index contributed by atoms with van der Waals surface area (Å²) in [7, 11) is 1.29. The summed E-state index contributed by atoms with van der Waals surface area (Å²) in [5.41, 5.74) is -1.03. The number of methoxy groups -OCH3 is 1. The van der Waals surface area contributed by atoms with Crippen molar-refractivity contribution in [1.29, 1.82) is 0 Å². The Morgan fingerprint density at radius 3 is 2.40 bits per heavy atom. The number of carbonyl (C=O) groups is 1. The van der Waals surface area contributed by atoms with Crippen molar-refractivity contribution in [3.05, 3.63) is 10.1 Å². The van der Waals surface area contributed by atoms with Crippen molar-refractivity contribution in [1.82, 2.24) is 0 Å². The number of hydrogen-bond donors (Lipinski definition) is 0. The lowest BCUT2D eigenvalue weighted by Gasteiger charge is -2.22. The molecular weight excluding hydrogens is 198 g/mol. The lowest BCUT2D eigenvalue weighted by atomic mass is 9.87. The van der Waals surface area contributed by atoms with Crippen LogP contribution in [0.25, 0.3) is 0 Å². The maximum Gasteiger partial charge on any atom is 0.305 e. The SMILES string of the molecule is COC(=O)CCC(C)(CC(C)C)[N+](=O)[O-]. The van der Waals surface area contributed by atoms with Crippen LogP contribution >= 0.6 is 0 Å². The molecule has 0 saturated carbocycles. The molecule has 0 radical (unpaired) electrons. The minimum Gasteiger partial charge on any atom is -0.469 e. The standard InChI is InChI=1S/C10H19NO4/c1-8(2)7-10(3,11(13)14)6-5-9(12)15-4/h8H,5-7H2,1-4H3. The molecule has 0 aromatic heterocycles. The van der Waals surface area contributed by atoms with Crippen LogP contribution in [0.15, 0.2) is 0 Å². The largest absolute Gasteiger partial charge is 0.469 e. The van der Waals surface area contributed by atoms with Gasteiger partial charge in [0.25, 0.3) is 0 Å². The van der Waals surface area contributed by atoms with E-state index in [4.69, 9.17) is 0 Å². The van der Waals surface area contributed by atoms with Gasteiger partial charge in [-0.3, -0.25) is 14.9 Å². The van der Waals surface area contributed by atoms with Crippen LogP contribution in [0.4, 0.5) is 0 Å². The lowest BCUT2D eigenvalue weighted by Crippen LogP contribution is -2.36. The molecule has 88 valence electrons. The monoisotopic (exact) mass is 217 g/mol. The first-order valence-corrected chi connectivity index (χ1v) is 5.03.